The molecule has 1 fully saturated rings. The van der Waals surface area contributed by atoms with Crippen LogP contribution in [0.15, 0.2) is 30.3 Å². The van der Waals surface area contributed by atoms with Crippen LogP contribution in [0.4, 0.5) is 0 Å². The van der Waals surface area contributed by atoms with Crippen molar-refractivity contribution >= 4 is 23.2 Å². The van der Waals surface area contributed by atoms with Gasteiger partial charge in [0.1, 0.15) is 4.33 Å². The molecule has 3 heteroatoms. The molecule has 3 atom stereocenters. The quantitative estimate of drug-likeness (QED) is 0.776. The van der Waals surface area contributed by atoms with Gasteiger partial charge >= 0.3 is 0 Å². The van der Waals surface area contributed by atoms with Gasteiger partial charge in [0.2, 0.25) is 0 Å². The second-order valence-electron chi connectivity index (χ2n) is 3.83. The van der Waals surface area contributed by atoms with Crippen LogP contribution in [0.1, 0.15) is 18.4 Å². The van der Waals surface area contributed by atoms with Crippen molar-refractivity contribution in [2.45, 2.75) is 23.3 Å². The van der Waals surface area contributed by atoms with Gasteiger partial charge < -0.3 is 5.11 Å². The fraction of sp³-hybridized carbons (Fsp3) is 0.455. The lowest BCUT2D eigenvalue weighted by Crippen LogP contribution is -2.07. The first-order valence-corrected chi connectivity index (χ1v) is 5.41. The normalized spacial score (nSPS) is 31.1. The summed E-state index contributed by atoms with van der Waals surface area (Å²) in [6, 6.07) is 9.85. The molecule has 1 aliphatic carbocycles. The molecule has 0 amide bonds. The molecule has 0 bridgehead atoms. The third-order valence-electron chi connectivity index (χ3n) is 2.79. The van der Waals surface area contributed by atoms with Crippen LogP contribution in [0.2, 0.25) is 0 Å². The highest BCUT2D eigenvalue weighted by atomic mass is 35.5. The third-order valence-corrected chi connectivity index (χ3v) is 3.76. The van der Waals surface area contributed by atoms with Gasteiger partial charge in [0.05, 0.1) is 6.10 Å². The lowest BCUT2D eigenvalue weighted by Gasteiger charge is -2.01. The summed E-state index contributed by atoms with van der Waals surface area (Å²) in [7, 11) is 0. The van der Waals surface area contributed by atoms with Crippen LogP contribution in [0.5, 0.6) is 0 Å². The van der Waals surface area contributed by atoms with Crippen LogP contribution in [-0.2, 0) is 0 Å². The molecule has 0 spiro atoms. The molecular formula is C11H12Cl2O. The Hall–Kier alpha value is -0.240. The minimum Gasteiger partial charge on any atom is -0.393 e. The Morgan fingerprint density at radius 2 is 1.86 bits per heavy atom. The van der Waals surface area contributed by atoms with E-state index >= 15 is 0 Å². The van der Waals surface area contributed by atoms with Crippen molar-refractivity contribution < 1.29 is 5.11 Å². The summed E-state index contributed by atoms with van der Waals surface area (Å²) in [6.07, 6.45) is -0.463. The maximum atomic E-state index is 9.49. The Kier molecular flexibility index (Phi) is 2.50. The molecule has 2 rings (SSSR count). The first-order chi connectivity index (χ1) is 6.55. The zero-order chi connectivity index (χ0) is 10.3. The van der Waals surface area contributed by atoms with Crippen molar-refractivity contribution in [3.05, 3.63) is 35.9 Å². The molecular weight excluding hydrogens is 219 g/mol. The van der Waals surface area contributed by atoms with E-state index in [0.717, 1.165) is 5.56 Å². The highest BCUT2D eigenvalue weighted by molar-refractivity contribution is 6.52. The van der Waals surface area contributed by atoms with Crippen molar-refractivity contribution in [3.8, 4) is 0 Å². The highest BCUT2D eigenvalue weighted by Crippen LogP contribution is 2.66. The second-order valence-corrected chi connectivity index (χ2v) is 5.27. The predicted molar refractivity (Wildman–Crippen MR) is 58.8 cm³/mol. The van der Waals surface area contributed by atoms with Crippen LogP contribution < -0.4 is 0 Å². The number of hydrogen-bond donors (Lipinski definition) is 1. The Labute approximate surface area is 93.7 Å². The maximum absolute atomic E-state index is 9.49. The molecule has 1 aliphatic rings. The molecule has 1 aromatic rings. The van der Waals surface area contributed by atoms with Crippen molar-refractivity contribution in [2.24, 2.45) is 5.92 Å². The van der Waals surface area contributed by atoms with Gasteiger partial charge in [0.15, 0.2) is 0 Å². The summed E-state index contributed by atoms with van der Waals surface area (Å²) in [5.74, 6) is 0.0141. The molecule has 76 valence electrons. The van der Waals surface area contributed by atoms with Crippen molar-refractivity contribution in [2.75, 3.05) is 0 Å². The number of alkyl halides is 2. The first-order valence-electron chi connectivity index (χ1n) is 4.66. The lowest BCUT2D eigenvalue weighted by molar-refractivity contribution is 0.168. The lowest BCUT2D eigenvalue weighted by atomic mass is 10.1. The van der Waals surface area contributed by atoms with E-state index in [0.29, 0.717) is 0 Å². The van der Waals surface area contributed by atoms with Crippen LogP contribution in [0.3, 0.4) is 0 Å². The van der Waals surface area contributed by atoms with Crippen molar-refractivity contribution in [1.82, 2.24) is 0 Å². The van der Waals surface area contributed by atoms with Crippen molar-refractivity contribution in [3.63, 3.8) is 0 Å². The summed E-state index contributed by atoms with van der Waals surface area (Å²) in [6.45, 7) is 1.73. The maximum Gasteiger partial charge on any atom is 0.131 e. The van der Waals surface area contributed by atoms with Crippen LogP contribution >= 0.6 is 23.2 Å². The van der Waals surface area contributed by atoms with E-state index in [2.05, 4.69) is 0 Å². The van der Waals surface area contributed by atoms with E-state index < -0.39 is 10.4 Å². The second kappa shape index (κ2) is 3.41. The fourth-order valence-corrected chi connectivity index (χ4v) is 3.05. The Morgan fingerprint density at radius 1 is 1.29 bits per heavy atom. The molecule has 14 heavy (non-hydrogen) atoms. The van der Waals surface area contributed by atoms with E-state index in [4.69, 9.17) is 23.2 Å². The van der Waals surface area contributed by atoms with E-state index in [-0.39, 0.29) is 11.8 Å². The van der Waals surface area contributed by atoms with Gasteiger partial charge in [0, 0.05) is 11.8 Å². The molecule has 0 aliphatic heterocycles. The van der Waals surface area contributed by atoms with Crippen molar-refractivity contribution in [1.29, 1.82) is 0 Å². The molecule has 0 radical (unpaired) electrons. The zero-order valence-electron chi connectivity index (χ0n) is 7.82. The number of rotatable bonds is 2. The van der Waals surface area contributed by atoms with Gasteiger partial charge in [-0.25, -0.2) is 0 Å². The first kappa shape index (κ1) is 10.3. The number of hydrogen-bond acceptors (Lipinski definition) is 1. The standard InChI is InChI=1S/C11H12Cl2O/c1-7(14)9-10(11(9,12)13)8-5-3-2-4-6-8/h2-7,9-10,14H,1H3/t7?,9-,10-/m0/s1. The molecule has 1 saturated carbocycles. The summed E-state index contributed by atoms with van der Waals surface area (Å²) in [5, 5.41) is 9.49. The fourth-order valence-electron chi connectivity index (χ4n) is 2.04. The average molecular weight is 231 g/mol. The minimum absolute atomic E-state index is 0.0479. The highest BCUT2D eigenvalue weighted by Gasteiger charge is 2.65. The molecule has 1 nitrogen and oxygen atoms in total. The van der Waals surface area contributed by atoms with Crippen LogP contribution in [0.25, 0.3) is 0 Å². The smallest absolute Gasteiger partial charge is 0.131 e. The minimum atomic E-state index is -0.796. The van der Waals surface area contributed by atoms with E-state index in [1.54, 1.807) is 6.92 Å². The molecule has 1 aromatic carbocycles. The molecule has 0 saturated heterocycles. The Morgan fingerprint density at radius 3 is 2.29 bits per heavy atom. The molecule has 0 aromatic heterocycles. The number of halogens is 2. The topological polar surface area (TPSA) is 20.2 Å². The number of aliphatic hydroxyl groups is 1. The average Bonchev–Trinajstić information content (AvgIpc) is 2.71. The van der Waals surface area contributed by atoms with E-state index in [1.165, 1.54) is 0 Å². The van der Waals surface area contributed by atoms with E-state index in [1.807, 2.05) is 30.3 Å². The predicted octanol–water partition coefficient (Wildman–Crippen LogP) is 2.95. The third kappa shape index (κ3) is 1.54. The van der Waals surface area contributed by atoms with Crippen LogP contribution in [-0.4, -0.2) is 15.5 Å². The van der Waals surface area contributed by atoms with Gasteiger partial charge in [-0.15, -0.1) is 23.2 Å². The molecule has 1 unspecified atom stereocenters. The van der Waals surface area contributed by atoms with Gasteiger partial charge in [-0.05, 0) is 12.5 Å². The summed E-state index contributed by atoms with van der Waals surface area (Å²) in [4.78, 5) is 0. The molecule has 1 N–H and O–H groups in total. The SMILES string of the molecule is CC(O)[C@H]1[C@H](c2ccccc2)C1(Cl)Cl. The van der Waals surface area contributed by atoms with Gasteiger partial charge in [-0.3, -0.25) is 0 Å². The summed E-state index contributed by atoms with van der Waals surface area (Å²) in [5.41, 5.74) is 1.10. The summed E-state index contributed by atoms with van der Waals surface area (Å²) < 4.78 is -0.796. The number of aliphatic hydroxyl groups excluding tert-OH is 1. The zero-order valence-corrected chi connectivity index (χ0v) is 9.33. The van der Waals surface area contributed by atoms with Gasteiger partial charge in [0.25, 0.3) is 0 Å². The van der Waals surface area contributed by atoms with Gasteiger partial charge in [-0.1, -0.05) is 30.3 Å². The largest absolute Gasteiger partial charge is 0.393 e. The summed E-state index contributed by atoms with van der Waals surface area (Å²) >= 11 is 12.2. The monoisotopic (exact) mass is 230 g/mol. The molecule has 0 heterocycles. The van der Waals surface area contributed by atoms with E-state index in [9.17, 15) is 5.11 Å². The Bertz CT molecular complexity index is 321. The Balaban J connectivity index is 2.23. The number of benzene rings is 1. The van der Waals surface area contributed by atoms with Gasteiger partial charge in [-0.2, -0.15) is 0 Å². The van der Waals surface area contributed by atoms with Crippen LogP contribution in [0, 0.1) is 5.92 Å².